The molecule has 146 valence electrons. The molecule has 0 aliphatic heterocycles. The van der Waals surface area contributed by atoms with Gasteiger partial charge in [0.25, 0.3) is 5.91 Å². The van der Waals surface area contributed by atoms with Crippen LogP contribution < -0.4 is 4.18 Å². The van der Waals surface area contributed by atoms with Crippen LogP contribution in [0.25, 0.3) is 0 Å². The molecule has 0 aliphatic rings. The second-order valence-corrected chi connectivity index (χ2v) is 8.14. The predicted molar refractivity (Wildman–Crippen MR) is 103 cm³/mol. The Morgan fingerprint density at radius 2 is 1.85 bits per heavy atom. The van der Waals surface area contributed by atoms with Gasteiger partial charge in [0.1, 0.15) is 11.6 Å². The van der Waals surface area contributed by atoms with Gasteiger partial charge in [0, 0.05) is 18.2 Å². The molecular weight excluding hydrogens is 369 g/mol. The minimum absolute atomic E-state index is 0.0790. The molecule has 2 aromatic rings. The number of carbonyl (C=O) groups is 1. The normalized spacial score (nSPS) is 12.4. The van der Waals surface area contributed by atoms with E-state index in [4.69, 9.17) is 4.18 Å². The molecule has 0 aromatic heterocycles. The third kappa shape index (κ3) is 5.79. The van der Waals surface area contributed by atoms with Gasteiger partial charge >= 0.3 is 10.1 Å². The molecule has 2 rings (SSSR count). The van der Waals surface area contributed by atoms with Gasteiger partial charge in [0.2, 0.25) is 0 Å². The van der Waals surface area contributed by atoms with Crippen LogP contribution in [-0.2, 0) is 16.7 Å². The number of hydrogen-bond acceptors (Lipinski definition) is 4. The maximum atomic E-state index is 13.5. The van der Waals surface area contributed by atoms with E-state index < -0.39 is 15.9 Å². The van der Waals surface area contributed by atoms with Crippen LogP contribution in [0.4, 0.5) is 4.39 Å². The maximum absolute atomic E-state index is 13.5. The Bertz CT molecular complexity index is 898. The van der Waals surface area contributed by atoms with Crippen molar-refractivity contribution in [3.63, 3.8) is 0 Å². The van der Waals surface area contributed by atoms with E-state index in [1.54, 1.807) is 35.2 Å². The Kier molecular flexibility index (Phi) is 6.96. The zero-order valence-corrected chi connectivity index (χ0v) is 16.5. The van der Waals surface area contributed by atoms with Gasteiger partial charge in [-0.1, -0.05) is 25.1 Å². The van der Waals surface area contributed by atoms with Gasteiger partial charge in [-0.25, -0.2) is 4.39 Å². The monoisotopic (exact) mass is 393 g/mol. The van der Waals surface area contributed by atoms with Crippen molar-refractivity contribution < 1.29 is 21.8 Å². The molecule has 0 heterocycles. The van der Waals surface area contributed by atoms with Crippen LogP contribution >= 0.6 is 0 Å². The molecule has 0 radical (unpaired) electrons. The van der Waals surface area contributed by atoms with Gasteiger partial charge in [0.15, 0.2) is 0 Å². The fraction of sp³-hybridized carbons (Fsp3) is 0.350. The lowest BCUT2D eigenvalue weighted by atomic mass is 10.1. The Balaban J connectivity index is 2.28. The van der Waals surface area contributed by atoms with Gasteiger partial charge in [-0.3, -0.25) is 4.79 Å². The molecule has 0 bridgehead atoms. The molecule has 1 atom stereocenters. The lowest BCUT2D eigenvalue weighted by molar-refractivity contribution is 0.0671. The highest BCUT2D eigenvalue weighted by molar-refractivity contribution is 7.87. The molecule has 2 aromatic carbocycles. The van der Waals surface area contributed by atoms with E-state index in [0.29, 0.717) is 0 Å². The first-order valence-electron chi connectivity index (χ1n) is 8.83. The molecule has 0 N–H and O–H groups in total. The zero-order valence-electron chi connectivity index (χ0n) is 15.7. The summed E-state index contributed by atoms with van der Waals surface area (Å²) in [5.41, 5.74) is 1.00. The molecule has 5 nitrogen and oxygen atoms in total. The number of rotatable bonds is 8. The van der Waals surface area contributed by atoms with E-state index in [2.05, 4.69) is 0 Å². The third-order valence-electron chi connectivity index (χ3n) is 4.28. The molecule has 0 unspecified atom stereocenters. The maximum Gasteiger partial charge on any atom is 0.308 e. The van der Waals surface area contributed by atoms with Crippen LogP contribution in [0, 0.1) is 5.82 Å². The average molecular weight is 393 g/mol. The van der Waals surface area contributed by atoms with Crippen molar-refractivity contribution in [2.24, 2.45) is 0 Å². The largest absolute Gasteiger partial charge is 0.382 e. The van der Waals surface area contributed by atoms with Crippen LogP contribution in [0.1, 0.15) is 43.1 Å². The number of hydrogen-bond donors (Lipinski definition) is 0. The van der Waals surface area contributed by atoms with Crippen LogP contribution in [-0.4, -0.2) is 31.0 Å². The quantitative estimate of drug-likeness (QED) is 0.636. The standard InChI is InChI=1S/C20H24FNO4S/c1-4-15(3)22(20(23)17-9-7-10-18(21)13-17)14-16-8-6-11-19(12-16)26-27(24,25)5-2/h6-13,15H,4-5,14H2,1-3H3/t15-/m1/s1. The van der Waals surface area contributed by atoms with Crippen LogP contribution in [0.3, 0.4) is 0 Å². The first-order valence-corrected chi connectivity index (χ1v) is 10.4. The molecular formula is C20H24FNO4S. The summed E-state index contributed by atoms with van der Waals surface area (Å²) in [6.07, 6.45) is 0.724. The van der Waals surface area contributed by atoms with Gasteiger partial charge in [-0.05, 0) is 56.2 Å². The molecule has 27 heavy (non-hydrogen) atoms. The van der Waals surface area contributed by atoms with Crippen molar-refractivity contribution >= 4 is 16.0 Å². The van der Waals surface area contributed by atoms with Crippen LogP contribution in [0.15, 0.2) is 48.5 Å². The Labute approximate surface area is 159 Å². The lowest BCUT2D eigenvalue weighted by Crippen LogP contribution is -2.37. The van der Waals surface area contributed by atoms with E-state index in [9.17, 15) is 17.6 Å². The highest BCUT2D eigenvalue weighted by Crippen LogP contribution is 2.20. The van der Waals surface area contributed by atoms with Crippen molar-refractivity contribution in [3.8, 4) is 5.75 Å². The smallest absolute Gasteiger partial charge is 0.308 e. The van der Waals surface area contributed by atoms with E-state index in [1.165, 1.54) is 25.1 Å². The van der Waals surface area contributed by atoms with Crippen molar-refractivity contribution in [1.82, 2.24) is 4.90 Å². The van der Waals surface area contributed by atoms with Gasteiger partial charge in [0.05, 0.1) is 5.75 Å². The van der Waals surface area contributed by atoms with Crippen LogP contribution in [0.5, 0.6) is 5.75 Å². The number of benzene rings is 2. The number of halogens is 1. The number of amides is 1. The van der Waals surface area contributed by atoms with Gasteiger partial charge in [-0.15, -0.1) is 0 Å². The fourth-order valence-electron chi connectivity index (χ4n) is 2.53. The predicted octanol–water partition coefficient (Wildman–Crippen LogP) is 4.00. The van der Waals surface area contributed by atoms with E-state index in [0.717, 1.165) is 12.0 Å². The Morgan fingerprint density at radius 3 is 2.48 bits per heavy atom. The van der Waals surface area contributed by atoms with Crippen molar-refractivity contribution in [3.05, 3.63) is 65.5 Å². The number of nitrogens with zero attached hydrogens (tertiary/aromatic N) is 1. The number of carbonyl (C=O) groups excluding carboxylic acids is 1. The van der Waals surface area contributed by atoms with Gasteiger partial charge in [-0.2, -0.15) is 8.42 Å². The molecule has 7 heteroatoms. The van der Waals surface area contributed by atoms with E-state index in [1.807, 2.05) is 13.8 Å². The lowest BCUT2D eigenvalue weighted by Gasteiger charge is -2.29. The molecule has 1 amide bonds. The average Bonchev–Trinajstić information content (AvgIpc) is 2.65. The highest BCUT2D eigenvalue weighted by Gasteiger charge is 2.21. The zero-order chi connectivity index (χ0) is 20.0. The van der Waals surface area contributed by atoms with E-state index >= 15 is 0 Å². The topological polar surface area (TPSA) is 63.7 Å². The molecule has 0 spiro atoms. The second-order valence-electron chi connectivity index (χ2n) is 6.28. The fourth-order valence-corrected chi connectivity index (χ4v) is 3.05. The minimum Gasteiger partial charge on any atom is -0.382 e. The first-order chi connectivity index (χ1) is 12.8. The van der Waals surface area contributed by atoms with E-state index in [-0.39, 0.29) is 35.6 Å². The summed E-state index contributed by atoms with van der Waals surface area (Å²) in [7, 11) is -3.63. The highest BCUT2D eigenvalue weighted by atomic mass is 32.2. The SMILES string of the molecule is CC[C@@H](C)N(Cc1cccc(OS(=O)(=O)CC)c1)C(=O)c1cccc(F)c1. The summed E-state index contributed by atoms with van der Waals surface area (Å²) in [6.45, 7) is 5.64. The van der Waals surface area contributed by atoms with Crippen LogP contribution in [0.2, 0.25) is 0 Å². The minimum atomic E-state index is -3.63. The summed E-state index contributed by atoms with van der Waals surface area (Å²) >= 11 is 0. The molecule has 0 fully saturated rings. The summed E-state index contributed by atoms with van der Waals surface area (Å²) < 4.78 is 41.9. The summed E-state index contributed by atoms with van der Waals surface area (Å²) in [4.78, 5) is 14.5. The third-order valence-corrected chi connectivity index (χ3v) is 5.44. The molecule has 0 saturated carbocycles. The second kappa shape index (κ2) is 8.99. The van der Waals surface area contributed by atoms with Crippen molar-refractivity contribution in [2.45, 2.75) is 39.8 Å². The Morgan fingerprint density at radius 1 is 1.15 bits per heavy atom. The summed E-state index contributed by atoms with van der Waals surface area (Å²) in [5.74, 6) is -0.674. The van der Waals surface area contributed by atoms with Gasteiger partial charge < -0.3 is 9.08 Å². The summed E-state index contributed by atoms with van der Waals surface area (Å²) in [6, 6.07) is 12.1. The summed E-state index contributed by atoms with van der Waals surface area (Å²) in [5, 5.41) is 0. The van der Waals surface area contributed by atoms with Crippen molar-refractivity contribution in [2.75, 3.05) is 5.75 Å². The molecule has 0 saturated heterocycles. The molecule has 0 aliphatic carbocycles. The van der Waals surface area contributed by atoms with Crippen molar-refractivity contribution in [1.29, 1.82) is 0 Å². The first kappa shape index (κ1) is 20.9. The Hall–Kier alpha value is -2.41.